The molecule has 0 aliphatic heterocycles. The molecule has 5 nitrogen and oxygen atoms in total. The molecular formula is C20H30N4OS. The largest absolute Gasteiger partial charge is 0.496 e. The van der Waals surface area contributed by atoms with E-state index in [1.54, 1.807) is 25.5 Å². The van der Waals surface area contributed by atoms with Crippen molar-refractivity contribution in [1.29, 1.82) is 0 Å². The standard InChI is InChI=1S/C20H30N4OS/c1-5-24(6-2)18(17-11-12-26-15-17)14-23-20(21-3)22-13-16-9-7-8-10-19(16)25-4/h7-12,15,18H,5-6,13-14H2,1-4H3,(H2,21,22,23). The zero-order valence-electron chi connectivity index (χ0n) is 16.2. The third-order valence-corrected chi connectivity index (χ3v) is 5.21. The summed E-state index contributed by atoms with van der Waals surface area (Å²) in [5.74, 6) is 1.68. The van der Waals surface area contributed by atoms with Crippen LogP contribution in [-0.4, -0.2) is 44.7 Å². The molecule has 0 aliphatic rings. The van der Waals surface area contributed by atoms with E-state index in [9.17, 15) is 0 Å². The zero-order chi connectivity index (χ0) is 18.8. The van der Waals surface area contributed by atoms with Gasteiger partial charge in [0, 0.05) is 25.7 Å². The Labute approximate surface area is 161 Å². The average Bonchev–Trinajstić information content (AvgIpc) is 3.22. The number of hydrogen-bond acceptors (Lipinski definition) is 4. The molecule has 0 radical (unpaired) electrons. The minimum absolute atomic E-state index is 0.334. The monoisotopic (exact) mass is 374 g/mol. The second-order valence-corrected chi connectivity index (χ2v) is 6.69. The van der Waals surface area contributed by atoms with Gasteiger partial charge in [-0.15, -0.1) is 0 Å². The highest BCUT2D eigenvalue weighted by Crippen LogP contribution is 2.22. The lowest BCUT2D eigenvalue weighted by molar-refractivity contribution is 0.219. The van der Waals surface area contributed by atoms with E-state index < -0.39 is 0 Å². The molecule has 1 atom stereocenters. The quantitative estimate of drug-likeness (QED) is 0.521. The lowest BCUT2D eigenvalue weighted by Gasteiger charge is -2.30. The fraction of sp³-hybridized carbons (Fsp3) is 0.450. The first-order valence-corrected chi connectivity index (χ1v) is 10.00. The third-order valence-electron chi connectivity index (χ3n) is 4.51. The first-order valence-electron chi connectivity index (χ1n) is 9.06. The maximum absolute atomic E-state index is 5.41. The van der Waals surface area contributed by atoms with E-state index in [2.05, 4.69) is 57.3 Å². The Balaban J connectivity index is 1.98. The van der Waals surface area contributed by atoms with Gasteiger partial charge in [-0.25, -0.2) is 0 Å². The molecule has 2 rings (SSSR count). The number of methoxy groups -OCH3 is 1. The predicted octanol–water partition coefficient (Wildman–Crippen LogP) is 3.50. The Morgan fingerprint density at radius 1 is 1.19 bits per heavy atom. The molecule has 1 aromatic heterocycles. The van der Waals surface area contributed by atoms with Crippen molar-refractivity contribution in [3.05, 3.63) is 52.2 Å². The van der Waals surface area contributed by atoms with Gasteiger partial charge in [-0.2, -0.15) is 11.3 Å². The van der Waals surface area contributed by atoms with Crippen LogP contribution in [0.2, 0.25) is 0 Å². The number of hydrogen-bond donors (Lipinski definition) is 2. The summed E-state index contributed by atoms with van der Waals surface area (Å²) >= 11 is 1.74. The van der Waals surface area contributed by atoms with Gasteiger partial charge in [-0.1, -0.05) is 32.0 Å². The van der Waals surface area contributed by atoms with Crippen LogP contribution >= 0.6 is 11.3 Å². The molecule has 1 aromatic carbocycles. The first-order chi connectivity index (χ1) is 12.7. The molecule has 0 saturated heterocycles. The second kappa shape index (κ2) is 10.8. The van der Waals surface area contributed by atoms with Crippen LogP contribution in [0.3, 0.4) is 0 Å². The predicted molar refractivity (Wildman–Crippen MR) is 111 cm³/mol. The smallest absolute Gasteiger partial charge is 0.191 e. The van der Waals surface area contributed by atoms with Crippen molar-refractivity contribution < 1.29 is 4.74 Å². The van der Waals surface area contributed by atoms with Gasteiger partial charge >= 0.3 is 0 Å². The molecule has 0 saturated carbocycles. The van der Waals surface area contributed by atoms with E-state index in [0.717, 1.165) is 36.9 Å². The van der Waals surface area contributed by atoms with Gasteiger partial charge in [-0.3, -0.25) is 9.89 Å². The number of nitrogens with zero attached hydrogens (tertiary/aromatic N) is 2. The Morgan fingerprint density at radius 3 is 2.58 bits per heavy atom. The molecule has 0 fully saturated rings. The van der Waals surface area contributed by atoms with Crippen molar-refractivity contribution in [2.45, 2.75) is 26.4 Å². The van der Waals surface area contributed by atoms with Crippen molar-refractivity contribution in [3.8, 4) is 5.75 Å². The van der Waals surface area contributed by atoms with Crippen LogP contribution in [0.25, 0.3) is 0 Å². The van der Waals surface area contributed by atoms with Gasteiger partial charge in [0.05, 0.1) is 13.2 Å². The highest BCUT2D eigenvalue weighted by Gasteiger charge is 2.18. The van der Waals surface area contributed by atoms with E-state index in [1.165, 1.54) is 5.56 Å². The van der Waals surface area contributed by atoms with Gasteiger partial charge in [0.2, 0.25) is 0 Å². The van der Waals surface area contributed by atoms with Crippen molar-refractivity contribution >= 4 is 17.3 Å². The van der Waals surface area contributed by atoms with E-state index in [-0.39, 0.29) is 0 Å². The van der Waals surface area contributed by atoms with E-state index in [0.29, 0.717) is 12.6 Å². The van der Waals surface area contributed by atoms with E-state index in [1.807, 2.05) is 18.2 Å². The Hall–Kier alpha value is -2.05. The highest BCUT2D eigenvalue weighted by atomic mass is 32.1. The summed E-state index contributed by atoms with van der Waals surface area (Å²) in [5.41, 5.74) is 2.46. The minimum Gasteiger partial charge on any atom is -0.496 e. The fourth-order valence-corrected chi connectivity index (χ4v) is 3.74. The van der Waals surface area contributed by atoms with Gasteiger partial charge in [-0.05, 0) is 41.5 Å². The second-order valence-electron chi connectivity index (χ2n) is 5.91. The van der Waals surface area contributed by atoms with Gasteiger partial charge in [0.25, 0.3) is 0 Å². The molecule has 2 N–H and O–H groups in total. The maximum atomic E-state index is 5.41. The molecule has 26 heavy (non-hydrogen) atoms. The Kier molecular flexibility index (Phi) is 8.44. The Bertz CT molecular complexity index is 668. The molecular weight excluding hydrogens is 344 g/mol. The third kappa shape index (κ3) is 5.47. The molecule has 0 spiro atoms. The van der Waals surface area contributed by atoms with Gasteiger partial charge in [0.15, 0.2) is 5.96 Å². The molecule has 6 heteroatoms. The summed E-state index contributed by atoms with van der Waals surface area (Å²) in [6.45, 7) is 7.93. The molecule has 142 valence electrons. The van der Waals surface area contributed by atoms with Crippen molar-refractivity contribution in [2.24, 2.45) is 4.99 Å². The van der Waals surface area contributed by atoms with Crippen LogP contribution < -0.4 is 15.4 Å². The summed E-state index contributed by atoms with van der Waals surface area (Å²) in [4.78, 5) is 6.82. The number of likely N-dealkylation sites (N-methyl/N-ethyl adjacent to an activating group) is 1. The number of thiophene rings is 1. The molecule has 0 bridgehead atoms. The van der Waals surface area contributed by atoms with Crippen LogP contribution in [0, 0.1) is 0 Å². The van der Waals surface area contributed by atoms with Crippen molar-refractivity contribution in [2.75, 3.05) is 33.8 Å². The highest BCUT2D eigenvalue weighted by molar-refractivity contribution is 7.07. The Morgan fingerprint density at radius 2 is 1.96 bits per heavy atom. The molecule has 1 heterocycles. The van der Waals surface area contributed by atoms with E-state index in [4.69, 9.17) is 4.74 Å². The number of guanidine groups is 1. The van der Waals surface area contributed by atoms with Gasteiger partial charge < -0.3 is 15.4 Å². The average molecular weight is 375 g/mol. The number of rotatable bonds is 9. The molecule has 2 aromatic rings. The SMILES string of the molecule is CCN(CC)C(CNC(=NC)NCc1ccccc1OC)c1ccsc1. The molecule has 0 amide bonds. The maximum Gasteiger partial charge on any atom is 0.191 e. The number of nitrogens with one attached hydrogen (secondary N) is 2. The topological polar surface area (TPSA) is 48.9 Å². The van der Waals surface area contributed by atoms with Crippen LogP contribution in [0.4, 0.5) is 0 Å². The summed E-state index contributed by atoms with van der Waals surface area (Å²) < 4.78 is 5.41. The number of benzene rings is 1. The minimum atomic E-state index is 0.334. The normalized spacial score (nSPS) is 12.9. The fourth-order valence-electron chi connectivity index (χ4n) is 3.03. The van der Waals surface area contributed by atoms with Crippen LogP contribution in [0.1, 0.15) is 31.0 Å². The summed E-state index contributed by atoms with van der Waals surface area (Å²) in [6, 6.07) is 10.6. The molecule has 0 aliphatic carbocycles. The summed E-state index contributed by atoms with van der Waals surface area (Å²) in [5, 5.41) is 11.2. The zero-order valence-corrected chi connectivity index (χ0v) is 17.0. The number of para-hydroxylation sites is 1. The van der Waals surface area contributed by atoms with E-state index >= 15 is 0 Å². The van der Waals surface area contributed by atoms with Crippen molar-refractivity contribution in [3.63, 3.8) is 0 Å². The van der Waals surface area contributed by atoms with Crippen LogP contribution in [-0.2, 0) is 6.54 Å². The lowest BCUT2D eigenvalue weighted by atomic mass is 10.1. The van der Waals surface area contributed by atoms with Gasteiger partial charge in [0.1, 0.15) is 5.75 Å². The summed E-state index contributed by atoms with van der Waals surface area (Å²) in [6.07, 6.45) is 0. The van der Waals surface area contributed by atoms with Crippen molar-refractivity contribution in [1.82, 2.24) is 15.5 Å². The number of aliphatic imine (C=N–C) groups is 1. The number of ether oxygens (including phenoxy) is 1. The van der Waals surface area contributed by atoms with Crippen LogP contribution in [0.15, 0.2) is 46.1 Å². The lowest BCUT2D eigenvalue weighted by Crippen LogP contribution is -2.42. The molecule has 1 unspecified atom stereocenters. The summed E-state index contributed by atoms with van der Waals surface area (Å²) in [7, 11) is 3.50. The van der Waals surface area contributed by atoms with Crippen LogP contribution in [0.5, 0.6) is 5.75 Å². The first kappa shape index (κ1) is 20.3.